The summed E-state index contributed by atoms with van der Waals surface area (Å²) in [5.41, 5.74) is 3.51. The van der Waals surface area contributed by atoms with Crippen LogP contribution in [0.5, 0.6) is 0 Å². The molecule has 0 radical (unpaired) electrons. The first kappa shape index (κ1) is 32.8. The highest BCUT2D eigenvalue weighted by molar-refractivity contribution is 7.89. The molecule has 0 amide bonds. The number of sulfonamides is 1. The molecule has 6 rings (SSSR count). The van der Waals surface area contributed by atoms with Crippen molar-refractivity contribution < 1.29 is 28.1 Å². The Balaban J connectivity index is 1.13. The molecule has 0 spiro atoms. The van der Waals surface area contributed by atoms with Crippen LogP contribution in [0.1, 0.15) is 59.5 Å². The Morgan fingerprint density at radius 1 is 0.826 bits per heavy atom. The van der Waals surface area contributed by atoms with Crippen molar-refractivity contribution >= 4 is 21.6 Å². The van der Waals surface area contributed by atoms with Crippen LogP contribution < -0.4 is 4.72 Å². The van der Waals surface area contributed by atoms with Gasteiger partial charge in [0.15, 0.2) is 6.29 Å². The standard InChI is InChI=1S/C36H39ClN2O6S/c37-31-16-14-30(15-17-31)36(41)18-20-39(21-19-36)24-32-22-34(28-10-8-27(25-40)9-11-28)45-35(44-32)29-12-6-26(7-13-29)23-38-46(42,43)33-4-2-1-3-5-33/h1-17,32,34-35,38,40-41H,18-25H2/t32-,34+,35+/m0/s1. The number of hydrogen-bond acceptors (Lipinski definition) is 7. The topological polar surface area (TPSA) is 108 Å². The van der Waals surface area contributed by atoms with Crippen LogP contribution in [0.4, 0.5) is 0 Å². The second-order valence-electron chi connectivity index (χ2n) is 12.1. The van der Waals surface area contributed by atoms with Gasteiger partial charge in [0, 0.05) is 43.2 Å². The lowest BCUT2D eigenvalue weighted by atomic mass is 9.84. The van der Waals surface area contributed by atoms with E-state index in [0.29, 0.717) is 30.8 Å². The Hall–Kier alpha value is -3.12. The average Bonchev–Trinajstić information content (AvgIpc) is 3.09. The van der Waals surface area contributed by atoms with Crippen molar-refractivity contribution in [1.29, 1.82) is 0 Å². The second-order valence-corrected chi connectivity index (χ2v) is 14.3. The van der Waals surface area contributed by atoms with Crippen LogP contribution in [0.3, 0.4) is 0 Å². The normalized spacial score (nSPS) is 22.0. The maximum Gasteiger partial charge on any atom is 0.240 e. The highest BCUT2D eigenvalue weighted by atomic mass is 35.5. The van der Waals surface area contributed by atoms with Crippen molar-refractivity contribution in [2.24, 2.45) is 0 Å². The van der Waals surface area contributed by atoms with Crippen molar-refractivity contribution in [2.75, 3.05) is 19.6 Å². The molecule has 3 atom stereocenters. The van der Waals surface area contributed by atoms with Crippen LogP contribution in [0, 0.1) is 0 Å². The van der Waals surface area contributed by atoms with Gasteiger partial charge in [-0.2, -0.15) is 0 Å². The van der Waals surface area contributed by atoms with Crippen molar-refractivity contribution in [3.63, 3.8) is 0 Å². The number of ether oxygens (including phenoxy) is 2. The third-order valence-corrected chi connectivity index (χ3v) is 10.6. The molecule has 2 aliphatic heterocycles. The number of nitrogens with zero attached hydrogens (tertiary/aromatic N) is 1. The van der Waals surface area contributed by atoms with Gasteiger partial charge < -0.3 is 24.6 Å². The lowest BCUT2D eigenvalue weighted by Gasteiger charge is -2.42. The molecule has 3 N–H and O–H groups in total. The van der Waals surface area contributed by atoms with E-state index in [1.807, 2.05) is 72.8 Å². The van der Waals surface area contributed by atoms with Crippen LogP contribution in [-0.4, -0.2) is 49.3 Å². The summed E-state index contributed by atoms with van der Waals surface area (Å²) in [6, 6.07) is 31.1. The number of aliphatic hydroxyl groups is 2. The molecule has 242 valence electrons. The van der Waals surface area contributed by atoms with Crippen molar-refractivity contribution in [3.8, 4) is 0 Å². The van der Waals surface area contributed by atoms with Crippen molar-refractivity contribution in [3.05, 3.63) is 136 Å². The van der Waals surface area contributed by atoms with E-state index in [-0.39, 0.29) is 30.3 Å². The number of halogens is 1. The quantitative estimate of drug-likeness (QED) is 0.196. The maximum absolute atomic E-state index is 12.7. The SMILES string of the molecule is O=S(=O)(NCc1ccc([C@@H]2O[C@H](CN3CCC(O)(c4ccc(Cl)cc4)CC3)C[C@H](c3ccc(CO)cc3)O2)cc1)c1ccccc1. The predicted octanol–water partition coefficient (Wildman–Crippen LogP) is 5.84. The van der Waals surface area contributed by atoms with E-state index in [1.54, 1.807) is 30.3 Å². The fourth-order valence-electron chi connectivity index (χ4n) is 6.13. The highest BCUT2D eigenvalue weighted by Crippen LogP contribution is 2.39. The summed E-state index contributed by atoms with van der Waals surface area (Å²) in [6.45, 7) is 2.29. The Morgan fingerprint density at radius 2 is 1.46 bits per heavy atom. The molecule has 2 heterocycles. The number of piperidine rings is 1. The maximum atomic E-state index is 12.7. The minimum absolute atomic E-state index is 0.0225. The zero-order chi connectivity index (χ0) is 32.1. The number of benzene rings is 4. The number of rotatable bonds is 10. The van der Waals surface area contributed by atoms with E-state index in [2.05, 4.69) is 9.62 Å². The first-order chi connectivity index (χ1) is 22.2. The first-order valence-corrected chi connectivity index (χ1v) is 17.4. The highest BCUT2D eigenvalue weighted by Gasteiger charge is 2.37. The van der Waals surface area contributed by atoms with Crippen LogP contribution >= 0.6 is 11.6 Å². The van der Waals surface area contributed by atoms with Crippen LogP contribution in [0.25, 0.3) is 0 Å². The molecule has 8 nitrogen and oxygen atoms in total. The van der Waals surface area contributed by atoms with Gasteiger partial charge in [0.1, 0.15) is 0 Å². The molecule has 2 aliphatic rings. The lowest BCUT2D eigenvalue weighted by Crippen LogP contribution is -2.46. The van der Waals surface area contributed by atoms with E-state index in [0.717, 1.165) is 40.9 Å². The van der Waals surface area contributed by atoms with Crippen molar-refractivity contribution in [1.82, 2.24) is 9.62 Å². The monoisotopic (exact) mass is 662 g/mol. The van der Waals surface area contributed by atoms with Gasteiger partial charge in [0.2, 0.25) is 10.0 Å². The average molecular weight is 663 g/mol. The van der Waals surface area contributed by atoms with E-state index in [1.165, 1.54) is 0 Å². The van der Waals surface area contributed by atoms with E-state index in [9.17, 15) is 18.6 Å². The molecule has 0 aromatic heterocycles. The van der Waals surface area contributed by atoms with E-state index >= 15 is 0 Å². The smallest absolute Gasteiger partial charge is 0.240 e. The lowest BCUT2D eigenvalue weighted by molar-refractivity contribution is -0.253. The fraction of sp³-hybridized carbons (Fsp3) is 0.333. The summed E-state index contributed by atoms with van der Waals surface area (Å²) in [4.78, 5) is 2.56. The van der Waals surface area contributed by atoms with Gasteiger partial charge in [-0.25, -0.2) is 13.1 Å². The zero-order valence-electron chi connectivity index (χ0n) is 25.5. The zero-order valence-corrected chi connectivity index (χ0v) is 27.0. The molecule has 4 aromatic carbocycles. The van der Waals surface area contributed by atoms with Gasteiger partial charge in [-0.15, -0.1) is 0 Å². The molecule has 46 heavy (non-hydrogen) atoms. The third kappa shape index (κ3) is 7.87. The number of aliphatic hydroxyl groups excluding tert-OH is 1. The van der Waals surface area contributed by atoms with Gasteiger partial charge in [-0.05, 0) is 59.4 Å². The predicted molar refractivity (Wildman–Crippen MR) is 176 cm³/mol. The summed E-state index contributed by atoms with van der Waals surface area (Å²) >= 11 is 6.06. The third-order valence-electron chi connectivity index (χ3n) is 8.91. The van der Waals surface area contributed by atoms with Gasteiger partial charge >= 0.3 is 0 Å². The molecular weight excluding hydrogens is 624 g/mol. The number of likely N-dealkylation sites (tertiary alicyclic amines) is 1. The minimum atomic E-state index is -3.62. The minimum Gasteiger partial charge on any atom is -0.392 e. The van der Waals surface area contributed by atoms with Crippen LogP contribution in [0.15, 0.2) is 108 Å². The Kier molecular flexibility index (Phi) is 10.2. The van der Waals surface area contributed by atoms with Gasteiger partial charge in [0.25, 0.3) is 0 Å². The van der Waals surface area contributed by atoms with Crippen LogP contribution in [0.2, 0.25) is 5.02 Å². The molecule has 4 aromatic rings. The molecule has 10 heteroatoms. The first-order valence-electron chi connectivity index (χ1n) is 15.6. The Bertz CT molecular complexity index is 1680. The largest absolute Gasteiger partial charge is 0.392 e. The van der Waals surface area contributed by atoms with Gasteiger partial charge in [-0.3, -0.25) is 0 Å². The molecule has 0 aliphatic carbocycles. The summed E-state index contributed by atoms with van der Waals surface area (Å²) in [5, 5.41) is 21.5. The number of hydrogen-bond donors (Lipinski definition) is 3. The van der Waals surface area contributed by atoms with E-state index in [4.69, 9.17) is 21.1 Å². The molecule has 0 saturated carbocycles. The summed E-state index contributed by atoms with van der Waals surface area (Å²) in [6.07, 6.45) is 0.926. The summed E-state index contributed by atoms with van der Waals surface area (Å²) < 4.78 is 41.0. The molecule has 0 bridgehead atoms. The van der Waals surface area contributed by atoms with Gasteiger partial charge in [-0.1, -0.05) is 90.5 Å². The van der Waals surface area contributed by atoms with Crippen LogP contribution in [-0.2, 0) is 38.2 Å². The molecule has 2 fully saturated rings. The fourth-order valence-corrected chi connectivity index (χ4v) is 7.29. The van der Waals surface area contributed by atoms with Crippen molar-refractivity contribution in [2.45, 2.75) is 61.4 Å². The van der Waals surface area contributed by atoms with E-state index < -0.39 is 21.9 Å². The molecule has 2 saturated heterocycles. The summed E-state index contributed by atoms with van der Waals surface area (Å²) in [7, 11) is -3.62. The second kappa shape index (κ2) is 14.3. The molecular formula is C36H39ClN2O6S. The molecule has 0 unspecified atom stereocenters. The van der Waals surface area contributed by atoms with Gasteiger partial charge in [0.05, 0.1) is 29.3 Å². The number of nitrogens with one attached hydrogen (secondary N) is 1. The Morgan fingerprint density at radius 3 is 2.11 bits per heavy atom. The summed E-state index contributed by atoms with van der Waals surface area (Å²) in [5.74, 6) is 0. The Labute approximate surface area is 275 Å².